The number of aromatic nitrogens is 2. The highest BCUT2D eigenvalue weighted by Gasteiger charge is 2.13. The molecule has 3 rings (SSSR count). The van der Waals surface area contributed by atoms with E-state index in [4.69, 9.17) is 23.2 Å². The van der Waals surface area contributed by atoms with Crippen LogP contribution >= 0.6 is 50.9 Å². The number of thioether (sulfide) groups is 1. The largest absolute Gasteiger partial charge is 0.301 e. The van der Waals surface area contributed by atoms with Gasteiger partial charge < -0.3 is 4.98 Å². The molecule has 0 bridgehead atoms. The van der Waals surface area contributed by atoms with E-state index in [1.54, 1.807) is 25.1 Å². The molecule has 0 fully saturated rings. The molecule has 0 aliphatic carbocycles. The lowest BCUT2D eigenvalue weighted by atomic mass is 10.1. The van der Waals surface area contributed by atoms with Gasteiger partial charge in [0, 0.05) is 32.3 Å². The molecule has 0 radical (unpaired) electrons. The molecular weight excluding hydrogens is 455 g/mol. The first-order valence-electron chi connectivity index (χ1n) is 7.84. The van der Waals surface area contributed by atoms with E-state index in [0.29, 0.717) is 38.6 Å². The van der Waals surface area contributed by atoms with Crippen molar-refractivity contribution in [2.45, 2.75) is 24.3 Å². The summed E-state index contributed by atoms with van der Waals surface area (Å²) in [7, 11) is 0. The summed E-state index contributed by atoms with van der Waals surface area (Å²) < 4.78 is 1.03. The number of hydrogen-bond acceptors (Lipinski definition) is 3. The fourth-order valence-electron chi connectivity index (χ4n) is 2.40. The minimum atomic E-state index is -0.142. The first-order chi connectivity index (χ1) is 12.4. The number of nitrogens with one attached hydrogen (secondary N) is 1. The van der Waals surface area contributed by atoms with Gasteiger partial charge in [-0.1, -0.05) is 69.1 Å². The van der Waals surface area contributed by atoms with Gasteiger partial charge in [-0.3, -0.25) is 4.79 Å². The summed E-state index contributed by atoms with van der Waals surface area (Å²) in [6.45, 7) is 1.76. The predicted octanol–water partition coefficient (Wildman–Crippen LogP) is 6.03. The summed E-state index contributed by atoms with van der Waals surface area (Å²) in [5.41, 5.74) is 3.05. The number of aromatic amines is 1. The normalized spacial score (nSPS) is 10.9. The van der Waals surface area contributed by atoms with Crippen LogP contribution in [0.2, 0.25) is 10.0 Å². The lowest BCUT2D eigenvalue weighted by Crippen LogP contribution is -2.16. The number of rotatable bonds is 5. The SMILES string of the molecule is Cc1c(Cc2c(Cl)cccc2Cl)nc(SCc2ccc(Br)cc2)[nH]c1=O. The smallest absolute Gasteiger partial charge is 0.254 e. The van der Waals surface area contributed by atoms with Crippen molar-refractivity contribution < 1.29 is 0 Å². The van der Waals surface area contributed by atoms with E-state index in [-0.39, 0.29) is 5.56 Å². The first-order valence-corrected chi connectivity index (χ1v) is 10.4. The summed E-state index contributed by atoms with van der Waals surface area (Å²) in [5, 5.41) is 1.73. The van der Waals surface area contributed by atoms with Gasteiger partial charge in [-0.15, -0.1) is 0 Å². The van der Waals surface area contributed by atoms with Crippen molar-refractivity contribution in [3.8, 4) is 0 Å². The molecule has 3 aromatic rings. The van der Waals surface area contributed by atoms with Crippen LogP contribution in [0.15, 0.2) is 56.9 Å². The van der Waals surface area contributed by atoms with Crippen molar-refractivity contribution >= 4 is 50.9 Å². The van der Waals surface area contributed by atoms with Crippen molar-refractivity contribution in [3.05, 3.63) is 89.7 Å². The van der Waals surface area contributed by atoms with Gasteiger partial charge in [0.25, 0.3) is 5.56 Å². The Bertz CT molecular complexity index is 970. The second-order valence-corrected chi connectivity index (χ2v) is 8.43. The van der Waals surface area contributed by atoms with E-state index < -0.39 is 0 Å². The maximum absolute atomic E-state index is 12.3. The van der Waals surface area contributed by atoms with Gasteiger partial charge in [-0.25, -0.2) is 4.98 Å². The van der Waals surface area contributed by atoms with E-state index in [1.165, 1.54) is 11.8 Å². The van der Waals surface area contributed by atoms with Gasteiger partial charge in [-0.05, 0) is 42.3 Å². The third-order valence-electron chi connectivity index (χ3n) is 3.93. The van der Waals surface area contributed by atoms with Crippen molar-refractivity contribution in [3.63, 3.8) is 0 Å². The highest BCUT2D eigenvalue weighted by Crippen LogP contribution is 2.27. The van der Waals surface area contributed by atoms with Crippen LogP contribution in [0.5, 0.6) is 0 Å². The van der Waals surface area contributed by atoms with Gasteiger partial charge >= 0.3 is 0 Å². The van der Waals surface area contributed by atoms with Crippen molar-refractivity contribution in [2.75, 3.05) is 0 Å². The van der Waals surface area contributed by atoms with E-state index in [1.807, 2.05) is 24.3 Å². The topological polar surface area (TPSA) is 45.8 Å². The Morgan fingerprint density at radius 1 is 1.12 bits per heavy atom. The van der Waals surface area contributed by atoms with Crippen LogP contribution in [0.4, 0.5) is 0 Å². The molecule has 0 spiro atoms. The molecular formula is C19H15BrCl2N2OS. The van der Waals surface area contributed by atoms with E-state index in [0.717, 1.165) is 15.6 Å². The molecule has 26 heavy (non-hydrogen) atoms. The Hall–Kier alpha value is -1.27. The number of H-pyrrole nitrogens is 1. The average Bonchev–Trinajstić information content (AvgIpc) is 2.61. The molecule has 1 N–H and O–H groups in total. The van der Waals surface area contributed by atoms with Gasteiger partial charge in [0.05, 0.1) is 5.69 Å². The molecule has 3 nitrogen and oxygen atoms in total. The zero-order valence-electron chi connectivity index (χ0n) is 13.9. The minimum absolute atomic E-state index is 0.142. The van der Waals surface area contributed by atoms with Crippen molar-refractivity contribution in [2.24, 2.45) is 0 Å². The summed E-state index contributed by atoms with van der Waals surface area (Å²) in [4.78, 5) is 19.8. The standard InChI is InChI=1S/C19H15BrCl2N2OS/c1-11-17(9-14-15(21)3-2-4-16(14)22)23-19(24-18(11)25)26-10-12-5-7-13(20)8-6-12/h2-8H,9-10H2,1H3,(H,23,24,25). The molecule has 0 saturated heterocycles. The third-order valence-corrected chi connectivity index (χ3v) is 6.11. The fourth-order valence-corrected chi connectivity index (χ4v) is 4.03. The number of nitrogens with zero attached hydrogens (tertiary/aromatic N) is 1. The molecule has 2 aromatic carbocycles. The first kappa shape index (κ1) is 19.5. The Kier molecular flexibility index (Phi) is 6.46. The number of halogens is 3. The molecule has 0 aliphatic rings. The molecule has 0 unspecified atom stereocenters. The maximum Gasteiger partial charge on any atom is 0.254 e. The molecule has 0 saturated carbocycles. The highest BCUT2D eigenvalue weighted by atomic mass is 79.9. The zero-order chi connectivity index (χ0) is 18.7. The number of hydrogen-bond donors (Lipinski definition) is 1. The van der Waals surface area contributed by atoms with E-state index in [2.05, 4.69) is 25.9 Å². The lowest BCUT2D eigenvalue weighted by Gasteiger charge is -2.10. The highest BCUT2D eigenvalue weighted by molar-refractivity contribution is 9.10. The Morgan fingerprint density at radius 3 is 2.42 bits per heavy atom. The van der Waals surface area contributed by atoms with E-state index in [9.17, 15) is 4.79 Å². The monoisotopic (exact) mass is 468 g/mol. The van der Waals surface area contributed by atoms with Crippen LogP contribution in [0.3, 0.4) is 0 Å². The van der Waals surface area contributed by atoms with Crippen LogP contribution in [0.1, 0.15) is 22.4 Å². The Balaban J connectivity index is 1.85. The maximum atomic E-state index is 12.3. The van der Waals surface area contributed by atoms with Crippen LogP contribution in [0, 0.1) is 6.92 Å². The molecule has 7 heteroatoms. The summed E-state index contributed by atoms with van der Waals surface area (Å²) in [6.07, 6.45) is 0.417. The summed E-state index contributed by atoms with van der Waals surface area (Å²) in [5.74, 6) is 0.714. The van der Waals surface area contributed by atoms with Gasteiger partial charge in [0.2, 0.25) is 0 Å². The van der Waals surface area contributed by atoms with Crippen LogP contribution in [-0.2, 0) is 12.2 Å². The molecule has 0 amide bonds. The zero-order valence-corrected chi connectivity index (χ0v) is 17.8. The second-order valence-electron chi connectivity index (χ2n) is 5.73. The van der Waals surface area contributed by atoms with E-state index >= 15 is 0 Å². The summed E-state index contributed by atoms with van der Waals surface area (Å²) in [6, 6.07) is 13.4. The van der Waals surface area contributed by atoms with Gasteiger partial charge in [-0.2, -0.15) is 0 Å². The average molecular weight is 470 g/mol. The Morgan fingerprint density at radius 2 is 1.77 bits per heavy atom. The molecule has 1 aromatic heterocycles. The van der Waals surface area contributed by atoms with Gasteiger partial charge in [0.15, 0.2) is 5.16 Å². The second kappa shape index (κ2) is 8.61. The summed E-state index contributed by atoms with van der Waals surface area (Å²) >= 11 is 17.4. The van der Waals surface area contributed by atoms with Crippen LogP contribution in [-0.4, -0.2) is 9.97 Å². The quantitative estimate of drug-likeness (QED) is 0.366. The molecule has 0 atom stereocenters. The molecule has 1 heterocycles. The van der Waals surface area contributed by atoms with Crippen molar-refractivity contribution in [1.29, 1.82) is 0 Å². The van der Waals surface area contributed by atoms with Crippen LogP contribution < -0.4 is 5.56 Å². The molecule has 0 aliphatic heterocycles. The minimum Gasteiger partial charge on any atom is -0.301 e. The van der Waals surface area contributed by atoms with Crippen LogP contribution in [0.25, 0.3) is 0 Å². The third kappa shape index (κ3) is 4.71. The fraction of sp³-hybridized carbons (Fsp3) is 0.158. The lowest BCUT2D eigenvalue weighted by molar-refractivity contribution is 0.858. The van der Waals surface area contributed by atoms with Gasteiger partial charge in [0.1, 0.15) is 0 Å². The number of benzene rings is 2. The van der Waals surface area contributed by atoms with Crippen molar-refractivity contribution in [1.82, 2.24) is 9.97 Å². The predicted molar refractivity (Wildman–Crippen MR) is 113 cm³/mol. The molecule has 134 valence electrons. The Labute approximate surface area is 174 Å².